The topological polar surface area (TPSA) is 49.4 Å². The first-order chi connectivity index (χ1) is 17.4. The normalized spacial score (nSPS) is 14.4. The van der Waals surface area contributed by atoms with Crippen molar-refractivity contribution in [2.24, 2.45) is 0 Å². The molecule has 1 saturated carbocycles. The largest absolute Gasteiger partial charge is 0.352 e. The second kappa shape index (κ2) is 12.0. The van der Waals surface area contributed by atoms with Crippen LogP contribution in [-0.4, -0.2) is 28.8 Å². The fourth-order valence-electron chi connectivity index (χ4n) is 5.00. The molecule has 1 aliphatic carbocycles. The van der Waals surface area contributed by atoms with Gasteiger partial charge < -0.3 is 10.2 Å². The molecule has 4 heteroatoms. The number of rotatable bonds is 9. The fourth-order valence-corrected chi connectivity index (χ4v) is 5.00. The summed E-state index contributed by atoms with van der Waals surface area (Å²) in [5, 5.41) is 3.28. The van der Waals surface area contributed by atoms with Crippen molar-refractivity contribution < 1.29 is 9.59 Å². The highest BCUT2D eigenvalue weighted by Crippen LogP contribution is 2.21. The third-order valence-electron chi connectivity index (χ3n) is 7.37. The Hall–Kier alpha value is -3.40. The summed E-state index contributed by atoms with van der Waals surface area (Å²) in [5.41, 5.74) is 6.61. The molecule has 1 N–H and O–H groups in total. The number of hydrogen-bond acceptors (Lipinski definition) is 2. The quantitative estimate of drug-likeness (QED) is 0.416. The van der Waals surface area contributed by atoms with Crippen molar-refractivity contribution >= 4 is 11.8 Å². The van der Waals surface area contributed by atoms with Crippen molar-refractivity contribution in [1.29, 1.82) is 0 Å². The molecule has 3 aromatic rings. The van der Waals surface area contributed by atoms with E-state index in [1.54, 1.807) is 4.90 Å². The summed E-state index contributed by atoms with van der Waals surface area (Å²) in [5.74, 6) is -0.0763. The van der Waals surface area contributed by atoms with Crippen LogP contribution in [0.25, 0.3) is 0 Å². The molecule has 0 bridgehead atoms. The maximum Gasteiger partial charge on any atom is 0.243 e. The average Bonchev–Trinajstić information content (AvgIpc) is 3.38. The molecule has 3 aromatic carbocycles. The van der Waals surface area contributed by atoms with Crippen LogP contribution in [0.5, 0.6) is 0 Å². The van der Waals surface area contributed by atoms with Crippen molar-refractivity contribution in [1.82, 2.24) is 10.2 Å². The van der Waals surface area contributed by atoms with Crippen LogP contribution in [0.4, 0.5) is 0 Å². The molecule has 0 heterocycles. The van der Waals surface area contributed by atoms with Gasteiger partial charge in [0.05, 0.1) is 6.42 Å². The van der Waals surface area contributed by atoms with E-state index in [4.69, 9.17) is 0 Å². The van der Waals surface area contributed by atoms with Gasteiger partial charge in [-0.05, 0) is 61.4 Å². The number of aryl methyl sites for hydroxylation is 3. The minimum Gasteiger partial charge on any atom is -0.352 e. The highest BCUT2D eigenvalue weighted by atomic mass is 16.2. The van der Waals surface area contributed by atoms with E-state index in [-0.39, 0.29) is 24.3 Å². The van der Waals surface area contributed by atoms with Crippen LogP contribution < -0.4 is 5.32 Å². The van der Waals surface area contributed by atoms with Gasteiger partial charge in [0, 0.05) is 19.0 Å². The third kappa shape index (κ3) is 6.84. The SMILES string of the molecule is Cc1ccc(CN(C(=O)Cc2ccc(C)c(C)c2)[C@H](Cc2ccccc2)C(=O)NC2CCCC2)cc1. The summed E-state index contributed by atoms with van der Waals surface area (Å²) >= 11 is 0. The van der Waals surface area contributed by atoms with Crippen molar-refractivity contribution in [3.63, 3.8) is 0 Å². The minimum absolute atomic E-state index is 0.0265. The second-order valence-corrected chi connectivity index (χ2v) is 10.3. The number of carbonyl (C=O) groups is 2. The number of nitrogens with zero attached hydrogens (tertiary/aromatic N) is 1. The molecule has 0 spiro atoms. The molecule has 4 rings (SSSR count). The van der Waals surface area contributed by atoms with Crippen molar-refractivity contribution in [3.8, 4) is 0 Å². The van der Waals surface area contributed by atoms with Crippen LogP contribution in [0.3, 0.4) is 0 Å². The summed E-state index contributed by atoms with van der Waals surface area (Å²) in [4.78, 5) is 29.4. The van der Waals surface area contributed by atoms with Crippen molar-refractivity contribution in [2.45, 2.75) is 77.9 Å². The van der Waals surface area contributed by atoms with E-state index in [1.165, 1.54) is 16.7 Å². The van der Waals surface area contributed by atoms with Crippen LogP contribution in [0.2, 0.25) is 0 Å². The molecular formula is C32H38N2O2. The molecule has 1 atom stereocenters. The predicted molar refractivity (Wildman–Crippen MR) is 146 cm³/mol. The van der Waals surface area contributed by atoms with E-state index < -0.39 is 6.04 Å². The molecule has 0 aromatic heterocycles. The molecule has 36 heavy (non-hydrogen) atoms. The van der Waals surface area contributed by atoms with Crippen LogP contribution in [0.15, 0.2) is 72.8 Å². The molecular weight excluding hydrogens is 444 g/mol. The second-order valence-electron chi connectivity index (χ2n) is 10.3. The van der Waals surface area contributed by atoms with E-state index >= 15 is 0 Å². The lowest BCUT2D eigenvalue weighted by Gasteiger charge is -2.32. The summed E-state index contributed by atoms with van der Waals surface area (Å²) in [6, 6.07) is 24.1. The van der Waals surface area contributed by atoms with Crippen molar-refractivity contribution in [3.05, 3.63) is 106 Å². The zero-order chi connectivity index (χ0) is 25.5. The summed E-state index contributed by atoms with van der Waals surface area (Å²) in [6.45, 7) is 6.60. The molecule has 0 saturated heterocycles. The van der Waals surface area contributed by atoms with Crippen molar-refractivity contribution in [2.75, 3.05) is 0 Å². The molecule has 0 aliphatic heterocycles. The first-order valence-electron chi connectivity index (χ1n) is 13.1. The molecule has 1 fully saturated rings. The number of nitrogens with one attached hydrogen (secondary N) is 1. The molecule has 0 unspecified atom stereocenters. The van der Waals surface area contributed by atoms with Gasteiger partial charge in [-0.1, -0.05) is 91.2 Å². The van der Waals surface area contributed by atoms with Gasteiger partial charge in [0.25, 0.3) is 0 Å². The molecule has 2 amide bonds. The number of benzene rings is 3. The Labute approximate surface area is 215 Å². The Morgan fingerprint density at radius 3 is 2.17 bits per heavy atom. The monoisotopic (exact) mass is 482 g/mol. The summed E-state index contributed by atoms with van der Waals surface area (Å²) in [6.07, 6.45) is 5.08. The zero-order valence-electron chi connectivity index (χ0n) is 21.8. The van der Waals surface area contributed by atoms with Gasteiger partial charge >= 0.3 is 0 Å². The van der Waals surface area contributed by atoms with Gasteiger partial charge in [0.1, 0.15) is 6.04 Å². The van der Waals surface area contributed by atoms with Gasteiger partial charge in [-0.3, -0.25) is 9.59 Å². The molecule has 188 valence electrons. The Morgan fingerprint density at radius 2 is 1.50 bits per heavy atom. The van der Waals surface area contributed by atoms with E-state index in [1.807, 2.05) is 36.4 Å². The Morgan fingerprint density at radius 1 is 0.833 bits per heavy atom. The molecule has 4 nitrogen and oxygen atoms in total. The van der Waals surface area contributed by atoms with Crippen LogP contribution in [0, 0.1) is 20.8 Å². The number of amides is 2. The van der Waals surface area contributed by atoms with E-state index in [0.717, 1.165) is 42.4 Å². The van der Waals surface area contributed by atoms with Gasteiger partial charge in [0.2, 0.25) is 11.8 Å². The first kappa shape index (κ1) is 25.7. The number of carbonyl (C=O) groups excluding carboxylic acids is 2. The smallest absolute Gasteiger partial charge is 0.243 e. The molecule has 1 aliphatic rings. The van der Waals surface area contributed by atoms with Gasteiger partial charge in [-0.25, -0.2) is 0 Å². The molecule has 0 radical (unpaired) electrons. The van der Waals surface area contributed by atoms with Crippen LogP contribution in [-0.2, 0) is 29.0 Å². The Bertz CT molecular complexity index is 1160. The maximum absolute atomic E-state index is 13.9. The zero-order valence-corrected chi connectivity index (χ0v) is 21.8. The number of hydrogen-bond donors (Lipinski definition) is 1. The van der Waals surface area contributed by atoms with E-state index in [9.17, 15) is 9.59 Å². The lowest BCUT2D eigenvalue weighted by atomic mass is 9.99. The predicted octanol–water partition coefficient (Wildman–Crippen LogP) is 5.85. The lowest BCUT2D eigenvalue weighted by Crippen LogP contribution is -2.52. The van der Waals surface area contributed by atoms with Gasteiger partial charge in [-0.2, -0.15) is 0 Å². The third-order valence-corrected chi connectivity index (χ3v) is 7.37. The van der Waals surface area contributed by atoms with Crippen LogP contribution >= 0.6 is 0 Å². The van der Waals surface area contributed by atoms with E-state index in [0.29, 0.717) is 13.0 Å². The fraction of sp³-hybridized carbons (Fsp3) is 0.375. The average molecular weight is 483 g/mol. The summed E-state index contributed by atoms with van der Waals surface area (Å²) in [7, 11) is 0. The lowest BCUT2D eigenvalue weighted by molar-refractivity contribution is -0.141. The van der Waals surface area contributed by atoms with Gasteiger partial charge in [-0.15, -0.1) is 0 Å². The standard InChI is InChI=1S/C32H38N2O2/c1-23-13-16-27(17-14-23)22-34(31(35)21-28-18-15-24(2)25(3)19-28)30(20-26-9-5-4-6-10-26)32(36)33-29-11-7-8-12-29/h4-6,9-10,13-19,29-30H,7-8,11-12,20-22H2,1-3H3,(H,33,36)/t30-/m1/s1. The van der Waals surface area contributed by atoms with Gasteiger partial charge in [0.15, 0.2) is 0 Å². The first-order valence-corrected chi connectivity index (χ1v) is 13.1. The Balaban J connectivity index is 1.66. The maximum atomic E-state index is 13.9. The Kier molecular flexibility index (Phi) is 8.58. The highest BCUT2D eigenvalue weighted by Gasteiger charge is 2.32. The highest BCUT2D eigenvalue weighted by molar-refractivity contribution is 5.89. The van der Waals surface area contributed by atoms with E-state index in [2.05, 4.69) is 62.5 Å². The van der Waals surface area contributed by atoms with Crippen LogP contribution in [0.1, 0.15) is 59.1 Å². The summed E-state index contributed by atoms with van der Waals surface area (Å²) < 4.78 is 0. The minimum atomic E-state index is -0.576.